The largest absolute Gasteiger partial charge is 0.313 e. The van der Waals surface area contributed by atoms with Gasteiger partial charge in [0, 0.05) is 49.3 Å². The summed E-state index contributed by atoms with van der Waals surface area (Å²) in [6.07, 6.45) is 1.15. The molecule has 21 heavy (non-hydrogen) atoms. The predicted octanol–water partition coefficient (Wildman–Crippen LogP) is 3.13. The molecule has 1 heterocycles. The van der Waals surface area contributed by atoms with Crippen molar-refractivity contribution in [3.8, 4) is 0 Å². The Morgan fingerprint density at radius 3 is 2.38 bits per heavy atom. The summed E-state index contributed by atoms with van der Waals surface area (Å²) >= 11 is 3.67. The molecule has 1 aromatic rings. The molecule has 1 aromatic carbocycles. The lowest BCUT2D eigenvalue weighted by molar-refractivity contribution is 0.105. The van der Waals surface area contributed by atoms with Crippen LogP contribution in [0.5, 0.6) is 0 Å². The molecule has 0 aliphatic carbocycles. The van der Waals surface area contributed by atoms with Gasteiger partial charge in [-0.05, 0) is 38.9 Å². The molecule has 1 unspecified atom stereocenters. The summed E-state index contributed by atoms with van der Waals surface area (Å²) in [5, 5.41) is 3.46. The molecule has 1 N–H and O–H groups in total. The van der Waals surface area contributed by atoms with Gasteiger partial charge < -0.3 is 10.2 Å². The number of rotatable bonds is 6. The molecular weight excluding hydrogens is 326 g/mol. The highest BCUT2D eigenvalue weighted by atomic mass is 79.9. The maximum absolute atomic E-state index is 3.67. The average molecular weight is 354 g/mol. The number of hydrogen-bond acceptors (Lipinski definition) is 3. The van der Waals surface area contributed by atoms with Crippen LogP contribution in [0, 0.1) is 0 Å². The minimum atomic E-state index is 0.420. The van der Waals surface area contributed by atoms with Crippen molar-refractivity contribution in [3.05, 3.63) is 34.3 Å². The molecule has 0 bridgehead atoms. The highest BCUT2D eigenvalue weighted by Crippen LogP contribution is 2.25. The van der Waals surface area contributed by atoms with Crippen LogP contribution in [0.1, 0.15) is 31.9 Å². The zero-order chi connectivity index (χ0) is 15.2. The standard InChI is InChI=1S/C17H28BrN3/c1-14(2)21-12-10-20(11-13-21)9-8-17(19-3)15-6-4-5-7-16(15)18/h4-7,14,17,19H,8-13H2,1-3H3. The number of benzene rings is 1. The molecule has 1 aliphatic rings. The second kappa shape index (κ2) is 8.28. The van der Waals surface area contributed by atoms with Crippen LogP contribution in [-0.4, -0.2) is 55.6 Å². The lowest BCUT2D eigenvalue weighted by Crippen LogP contribution is -2.49. The van der Waals surface area contributed by atoms with Crippen LogP contribution in [0.15, 0.2) is 28.7 Å². The number of nitrogens with one attached hydrogen (secondary N) is 1. The number of hydrogen-bond donors (Lipinski definition) is 1. The second-order valence-corrected chi connectivity index (χ2v) is 6.98. The van der Waals surface area contributed by atoms with Crippen molar-refractivity contribution >= 4 is 15.9 Å². The summed E-state index contributed by atoms with van der Waals surface area (Å²) in [7, 11) is 2.06. The Labute approximate surface area is 137 Å². The molecule has 0 spiro atoms. The van der Waals surface area contributed by atoms with Crippen molar-refractivity contribution < 1.29 is 0 Å². The Hall–Kier alpha value is -0.420. The third-order valence-electron chi connectivity index (χ3n) is 4.50. The lowest BCUT2D eigenvalue weighted by Gasteiger charge is -2.37. The number of piperazine rings is 1. The molecule has 118 valence electrons. The number of halogens is 1. The van der Waals surface area contributed by atoms with E-state index in [1.54, 1.807) is 0 Å². The SMILES string of the molecule is CNC(CCN1CCN(C(C)C)CC1)c1ccccc1Br. The fraction of sp³-hybridized carbons (Fsp3) is 0.647. The summed E-state index contributed by atoms with van der Waals surface area (Å²) in [6.45, 7) is 10.6. The van der Waals surface area contributed by atoms with E-state index >= 15 is 0 Å². The van der Waals surface area contributed by atoms with Crippen LogP contribution >= 0.6 is 15.9 Å². The third kappa shape index (κ3) is 4.78. The Kier molecular flexibility index (Phi) is 6.68. The van der Waals surface area contributed by atoms with Gasteiger partial charge in [0.25, 0.3) is 0 Å². The van der Waals surface area contributed by atoms with Gasteiger partial charge in [-0.2, -0.15) is 0 Å². The van der Waals surface area contributed by atoms with Crippen molar-refractivity contribution in [2.24, 2.45) is 0 Å². The highest BCUT2D eigenvalue weighted by Gasteiger charge is 2.20. The molecule has 3 nitrogen and oxygen atoms in total. The average Bonchev–Trinajstić information content (AvgIpc) is 2.50. The summed E-state index contributed by atoms with van der Waals surface area (Å²) in [5.74, 6) is 0. The van der Waals surface area contributed by atoms with Crippen molar-refractivity contribution in [1.29, 1.82) is 0 Å². The normalized spacial score (nSPS) is 19.1. The lowest BCUT2D eigenvalue weighted by atomic mass is 10.0. The zero-order valence-corrected chi connectivity index (χ0v) is 15.1. The molecule has 1 saturated heterocycles. The van der Waals surface area contributed by atoms with Crippen LogP contribution < -0.4 is 5.32 Å². The molecule has 0 radical (unpaired) electrons. The predicted molar refractivity (Wildman–Crippen MR) is 93.7 cm³/mol. The third-order valence-corrected chi connectivity index (χ3v) is 5.22. The molecule has 4 heteroatoms. The fourth-order valence-corrected chi connectivity index (χ4v) is 3.59. The Morgan fingerprint density at radius 1 is 1.14 bits per heavy atom. The van der Waals surface area contributed by atoms with E-state index in [-0.39, 0.29) is 0 Å². The Morgan fingerprint density at radius 2 is 1.81 bits per heavy atom. The molecule has 1 fully saturated rings. The maximum Gasteiger partial charge on any atom is 0.0340 e. The van der Waals surface area contributed by atoms with Crippen LogP contribution in [0.4, 0.5) is 0 Å². The van der Waals surface area contributed by atoms with E-state index in [2.05, 4.69) is 76.2 Å². The van der Waals surface area contributed by atoms with E-state index in [0.29, 0.717) is 12.1 Å². The molecule has 2 rings (SSSR count). The van der Waals surface area contributed by atoms with Gasteiger partial charge in [0.2, 0.25) is 0 Å². The summed E-state index contributed by atoms with van der Waals surface area (Å²) < 4.78 is 1.20. The van der Waals surface area contributed by atoms with Crippen molar-refractivity contribution in [1.82, 2.24) is 15.1 Å². The Bertz CT molecular complexity index is 428. The number of nitrogens with zero attached hydrogens (tertiary/aromatic N) is 2. The van der Waals surface area contributed by atoms with E-state index < -0.39 is 0 Å². The van der Waals surface area contributed by atoms with Gasteiger partial charge in [0.15, 0.2) is 0 Å². The maximum atomic E-state index is 3.67. The van der Waals surface area contributed by atoms with Crippen molar-refractivity contribution in [3.63, 3.8) is 0 Å². The van der Waals surface area contributed by atoms with Crippen molar-refractivity contribution in [2.75, 3.05) is 39.8 Å². The van der Waals surface area contributed by atoms with Gasteiger partial charge >= 0.3 is 0 Å². The van der Waals surface area contributed by atoms with Crippen molar-refractivity contribution in [2.45, 2.75) is 32.4 Å². The summed E-state index contributed by atoms with van der Waals surface area (Å²) in [6, 6.07) is 9.63. The van der Waals surface area contributed by atoms with E-state index in [4.69, 9.17) is 0 Å². The van der Waals surface area contributed by atoms with Crippen LogP contribution in [0.2, 0.25) is 0 Å². The zero-order valence-electron chi connectivity index (χ0n) is 13.5. The minimum absolute atomic E-state index is 0.420. The van der Waals surface area contributed by atoms with Crippen LogP contribution in [0.25, 0.3) is 0 Å². The quantitative estimate of drug-likeness (QED) is 0.847. The molecule has 1 aliphatic heterocycles. The van der Waals surface area contributed by atoms with E-state index in [0.717, 1.165) is 6.42 Å². The summed E-state index contributed by atoms with van der Waals surface area (Å²) in [4.78, 5) is 5.17. The van der Waals surface area contributed by atoms with Gasteiger partial charge in [-0.3, -0.25) is 4.90 Å². The highest BCUT2D eigenvalue weighted by molar-refractivity contribution is 9.10. The monoisotopic (exact) mass is 353 g/mol. The van der Waals surface area contributed by atoms with Gasteiger partial charge in [0.1, 0.15) is 0 Å². The molecule has 0 amide bonds. The molecular formula is C17H28BrN3. The topological polar surface area (TPSA) is 18.5 Å². The Balaban J connectivity index is 1.83. The van der Waals surface area contributed by atoms with E-state index in [1.807, 2.05) is 0 Å². The molecule has 1 atom stereocenters. The smallest absolute Gasteiger partial charge is 0.0340 e. The fourth-order valence-electron chi connectivity index (χ4n) is 3.03. The van der Waals surface area contributed by atoms with Crippen LogP contribution in [0.3, 0.4) is 0 Å². The molecule has 0 saturated carbocycles. The first-order valence-electron chi connectivity index (χ1n) is 8.00. The van der Waals surface area contributed by atoms with Gasteiger partial charge in [0.05, 0.1) is 0 Å². The summed E-state index contributed by atoms with van der Waals surface area (Å²) in [5.41, 5.74) is 1.36. The van der Waals surface area contributed by atoms with Gasteiger partial charge in [-0.15, -0.1) is 0 Å². The first-order chi connectivity index (χ1) is 10.1. The van der Waals surface area contributed by atoms with Crippen LogP contribution in [-0.2, 0) is 0 Å². The van der Waals surface area contributed by atoms with E-state index in [1.165, 1.54) is 42.8 Å². The first-order valence-corrected chi connectivity index (χ1v) is 8.79. The molecule has 0 aromatic heterocycles. The van der Waals surface area contributed by atoms with Gasteiger partial charge in [-0.25, -0.2) is 0 Å². The minimum Gasteiger partial charge on any atom is -0.313 e. The first kappa shape index (κ1) is 16.9. The second-order valence-electron chi connectivity index (χ2n) is 6.12. The van der Waals surface area contributed by atoms with Gasteiger partial charge in [-0.1, -0.05) is 34.1 Å². The van der Waals surface area contributed by atoms with E-state index in [9.17, 15) is 0 Å².